The van der Waals surface area contributed by atoms with Gasteiger partial charge in [0.2, 0.25) is 0 Å². The van der Waals surface area contributed by atoms with Crippen molar-refractivity contribution < 1.29 is 4.74 Å². The maximum atomic E-state index is 5.96. The van der Waals surface area contributed by atoms with Gasteiger partial charge in [-0.05, 0) is 36.4 Å². The van der Waals surface area contributed by atoms with Crippen molar-refractivity contribution in [3.8, 4) is 33.4 Å². The average Bonchev–Trinajstić information content (AvgIpc) is 3.35. The van der Waals surface area contributed by atoms with Gasteiger partial charge >= 0.3 is 0 Å². The molecule has 0 radical (unpaired) electrons. The minimum absolute atomic E-state index is 0.279. The molecule has 0 amide bonds. The van der Waals surface area contributed by atoms with Crippen molar-refractivity contribution in [1.82, 2.24) is 20.0 Å². The van der Waals surface area contributed by atoms with Crippen molar-refractivity contribution in [2.24, 2.45) is 5.73 Å². The molecule has 0 fully saturated rings. The van der Waals surface area contributed by atoms with Crippen molar-refractivity contribution in [2.45, 2.75) is 6.54 Å². The fourth-order valence-corrected chi connectivity index (χ4v) is 3.57. The Hall–Kier alpha value is -2.74. The molecular formula is C19H16ClN5OS. The third-order valence-corrected chi connectivity index (χ3v) is 5.13. The zero-order valence-electron chi connectivity index (χ0n) is 14.5. The van der Waals surface area contributed by atoms with Crippen LogP contribution in [-0.4, -0.2) is 27.1 Å². The number of nitrogens with zero attached hydrogens (tertiary/aromatic N) is 4. The van der Waals surface area contributed by atoms with E-state index in [1.807, 2.05) is 53.9 Å². The Balaban J connectivity index is 1.69. The van der Waals surface area contributed by atoms with Gasteiger partial charge in [0.25, 0.3) is 0 Å². The number of halogens is 1. The summed E-state index contributed by atoms with van der Waals surface area (Å²) >= 11 is 7.47. The topological polar surface area (TPSA) is 78.9 Å². The van der Waals surface area contributed by atoms with E-state index in [9.17, 15) is 0 Å². The minimum Gasteiger partial charge on any atom is -0.497 e. The zero-order valence-corrected chi connectivity index (χ0v) is 16.0. The largest absolute Gasteiger partial charge is 0.497 e. The van der Waals surface area contributed by atoms with Crippen LogP contribution in [0.25, 0.3) is 27.6 Å². The van der Waals surface area contributed by atoms with Crippen LogP contribution in [-0.2, 0) is 6.54 Å². The van der Waals surface area contributed by atoms with E-state index in [1.54, 1.807) is 11.9 Å². The quantitative estimate of drug-likeness (QED) is 0.546. The van der Waals surface area contributed by atoms with Crippen molar-refractivity contribution in [2.75, 3.05) is 7.11 Å². The average molecular weight is 398 g/mol. The van der Waals surface area contributed by atoms with Gasteiger partial charge in [0.05, 0.1) is 18.5 Å². The maximum absolute atomic E-state index is 5.96. The van der Waals surface area contributed by atoms with Crippen molar-refractivity contribution in [3.05, 3.63) is 64.6 Å². The monoisotopic (exact) mass is 397 g/mol. The lowest BCUT2D eigenvalue weighted by Gasteiger charge is -2.01. The van der Waals surface area contributed by atoms with Crippen LogP contribution >= 0.6 is 22.9 Å². The molecule has 0 saturated heterocycles. The highest BCUT2D eigenvalue weighted by Crippen LogP contribution is 2.30. The molecule has 4 aromatic rings. The van der Waals surface area contributed by atoms with Gasteiger partial charge in [-0.25, -0.2) is 4.98 Å². The smallest absolute Gasteiger partial charge is 0.146 e. The summed E-state index contributed by atoms with van der Waals surface area (Å²) in [7, 11) is 1.63. The minimum atomic E-state index is 0.279. The van der Waals surface area contributed by atoms with Gasteiger partial charge in [-0.2, -0.15) is 9.90 Å². The first-order valence-electron chi connectivity index (χ1n) is 8.20. The second kappa shape index (κ2) is 7.48. The lowest BCUT2D eigenvalue weighted by atomic mass is 10.2. The standard InChI is InChI=1S/C19H16ClN5OS/c1-26-15-8-6-14(7-9-15)25-23-16(10-21)18(24-25)19-22-17(11-27-19)12-2-4-13(20)5-3-12/h2-9,11H,10,21H2,1H3. The van der Waals surface area contributed by atoms with E-state index < -0.39 is 0 Å². The molecule has 8 heteroatoms. The fourth-order valence-electron chi connectivity index (χ4n) is 2.61. The van der Waals surface area contributed by atoms with E-state index in [-0.39, 0.29) is 6.54 Å². The van der Waals surface area contributed by atoms with Gasteiger partial charge in [0.15, 0.2) is 0 Å². The Labute approximate surface area is 165 Å². The fraction of sp³-hybridized carbons (Fsp3) is 0.105. The predicted octanol–water partition coefficient (Wildman–Crippen LogP) is 4.18. The van der Waals surface area contributed by atoms with Gasteiger partial charge in [-0.3, -0.25) is 0 Å². The molecule has 0 bridgehead atoms. The summed E-state index contributed by atoms with van der Waals surface area (Å²) in [4.78, 5) is 6.28. The van der Waals surface area contributed by atoms with E-state index in [2.05, 4.69) is 10.2 Å². The Bertz CT molecular complexity index is 1060. The Morgan fingerprint density at radius 1 is 1.07 bits per heavy atom. The highest BCUT2D eigenvalue weighted by Gasteiger charge is 2.17. The van der Waals surface area contributed by atoms with E-state index in [0.29, 0.717) is 16.4 Å². The number of ether oxygens (including phenoxy) is 1. The van der Waals surface area contributed by atoms with Crippen molar-refractivity contribution in [1.29, 1.82) is 0 Å². The third-order valence-electron chi connectivity index (χ3n) is 4.03. The van der Waals surface area contributed by atoms with E-state index in [4.69, 9.17) is 27.1 Å². The summed E-state index contributed by atoms with van der Waals surface area (Å²) < 4.78 is 5.19. The third kappa shape index (κ3) is 3.57. The Morgan fingerprint density at radius 2 is 1.81 bits per heavy atom. The number of benzene rings is 2. The molecule has 2 aromatic heterocycles. The molecule has 27 heavy (non-hydrogen) atoms. The molecule has 0 saturated carbocycles. The van der Waals surface area contributed by atoms with Gasteiger partial charge < -0.3 is 10.5 Å². The van der Waals surface area contributed by atoms with Crippen LogP contribution in [0.15, 0.2) is 53.9 Å². The first-order valence-corrected chi connectivity index (χ1v) is 9.46. The summed E-state index contributed by atoms with van der Waals surface area (Å²) in [6, 6.07) is 15.1. The molecule has 2 heterocycles. The Kier molecular flexibility index (Phi) is 4.89. The summed E-state index contributed by atoms with van der Waals surface area (Å²) in [5.74, 6) is 0.776. The zero-order chi connectivity index (χ0) is 18.8. The van der Waals surface area contributed by atoms with Crippen molar-refractivity contribution in [3.63, 3.8) is 0 Å². The first-order chi connectivity index (χ1) is 13.2. The summed E-state index contributed by atoms with van der Waals surface area (Å²) in [5, 5.41) is 12.6. The summed E-state index contributed by atoms with van der Waals surface area (Å²) in [5.41, 5.74) is 9.97. The van der Waals surface area contributed by atoms with Gasteiger partial charge in [-0.15, -0.1) is 16.4 Å². The molecule has 0 spiro atoms. The maximum Gasteiger partial charge on any atom is 0.146 e. The first kappa shape index (κ1) is 17.7. The molecule has 0 aliphatic carbocycles. The number of thiazole rings is 1. The normalized spacial score (nSPS) is 10.9. The molecule has 0 aliphatic rings. The highest BCUT2D eigenvalue weighted by molar-refractivity contribution is 7.13. The summed E-state index contributed by atoms with van der Waals surface area (Å²) in [6.45, 7) is 0.279. The van der Waals surface area contributed by atoms with Crippen LogP contribution < -0.4 is 10.5 Å². The summed E-state index contributed by atoms with van der Waals surface area (Å²) in [6.07, 6.45) is 0. The van der Waals surface area contributed by atoms with E-state index in [1.165, 1.54) is 11.3 Å². The number of aromatic nitrogens is 4. The van der Waals surface area contributed by atoms with Crippen molar-refractivity contribution >= 4 is 22.9 Å². The number of hydrogen-bond donors (Lipinski definition) is 1. The predicted molar refractivity (Wildman–Crippen MR) is 107 cm³/mol. The molecule has 0 aliphatic heterocycles. The van der Waals surface area contributed by atoms with Crippen LogP contribution in [0.2, 0.25) is 5.02 Å². The van der Waals surface area contributed by atoms with Gasteiger partial charge in [0.1, 0.15) is 22.1 Å². The number of nitrogens with two attached hydrogens (primary N) is 1. The molecule has 6 nitrogen and oxygen atoms in total. The van der Waals surface area contributed by atoms with E-state index in [0.717, 1.165) is 27.7 Å². The lowest BCUT2D eigenvalue weighted by molar-refractivity contribution is 0.414. The van der Waals surface area contributed by atoms with Crippen LogP contribution in [0.3, 0.4) is 0 Å². The number of hydrogen-bond acceptors (Lipinski definition) is 6. The van der Waals surface area contributed by atoms with E-state index >= 15 is 0 Å². The van der Waals surface area contributed by atoms with Crippen LogP contribution in [0.4, 0.5) is 0 Å². The van der Waals surface area contributed by atoms with Crippen LogP contribution in [0.5, 0.6) is 5.75 Å². The van der Waals surface area contributed by atoms with Gasteiger partial charge in [0, 0.05) is 22.5 Å². The number of methoxy groups -OCH3 is 1. The van der Waals surface area contributed by atoms with Crippen LogP contribution in [0.1, 0.15) is 5.69 Å². The highest BCUT2D eigenvalue weighted by atomic mass is 35.5. The Morgan fingerprint density at radius 3 is 2.48 bits per heavy atom. The van der Waals surface area contributed by atoms with Crippen LogP contribution in [0, 0.1) is 0 Å². The molecule has 2 aromatic carbocycles. The molecule has 0 unspecified atom stereocenters. The second-order valence-corrected chi connectivity index (χ2v) is 7.03. The molecule has 2 N–H and O–H groups in total. The van der Waals surface area contributed by atoms with Gasteiger partial charge in [-0.1, -0.05) is 23.7 Å². The second-order valence-electron chi connectivity index (χ2n) is 5.73. The molecule has 0 atom stereocenters. The number of rotatable bonds is 5. The molecular weight excluding hydrogens is 382 g/mol. The molecule has 136 valence electrons. The lowest BCUT2D eigenvalue weighted by Crippen LogP contribution is -2.01. The SMILES string of the molecule is COc1ccc(-n2nc(CN)c(-c3nc(-c4ccc(Cl)cc4)cs3)n2)cc1. The molecule has 4 rings (SSSR count).